The Bertz CT molecular complexity index is 1060. The zero-order chi connectivity index (χ0) is 18.1. The molecule has 0 aliphatic carbocycles. The lowest BCUT2D eigenvalue weighted by Crippen LogP contribution is -2.18. The lowest BCUT2D eigenvalue weighted by Gasteiger charge is -2.15. The van der Waals surface area contributed by atoms with E-state index in [1.807, 2.05) is 37.3 Å². The third kappa shape index (κ3) is 3.49. The SMILES string of the molecule is Cc1oc(-c2ccccc2Cl)nc1CN(C)Cc1ccc2nsnc2c1. The second-order valence-corrected chi connectivity index (χ2v) is 7.20. The average molecular weight is 385 g/mol. The quantitative estimate of drug-likeness (QED) is 0.487. The van der Waals surface area contributed by atoms with Crippen molar-refractivity contribution in [3.63, 3.8) is 0 Å². The highest BCUT2D eigenvalue weighted by atomic mass is 35.5. The molecule has 0 saturated heterocycles. The lowest BCUT2D eigenvalue weighted by atomic mass is 10.2. The smallest absolute Gasteiger partial charge is 0.228 e. The van der Waals surface area contributed by atoms with E-state index in [0.717, 1.165) is 34.6 Å². The maximum atomic E-state index is 6.25. The molecule has 0 amide bonds. The number of hydrogen-bond acceptors (Lipinski definition) is 6. The van der Waals surface area contributed by atoms with Gasteiger partial charge in [0.2, 0.25) is 5.89 Å². The van der Waals surface area contributed by atoms with Crippen LogP contribution >= 0.6 is 23.3 Å². The van der Waals surface area contributed by atoms with Gasteiger partial charge in [0.05, 0.1) is 28.0 Å². The van der Waals surface area contributed by atoms with Crippen LogP contribution < -0.4 is 0 Å². The highest BCUT2D eigenvalue weighted by molar-refractivity contribution is 7.00. The van der Waals surface area contributed by atoms with Gasteiger partial charge in [0.1, 0.15) is 16.8 Å². The van der Waals surface area contributed by atoms with Gasteiger partial charge < -0.3 is 4.42 Å². The number of rotatable bonds is 5. The standard InChI is InChI=1S/C19H17ClN4OS/c1-12-18(21-19(25-12)14-5-3-4-6-15(14)20)11-24(2)10-13-7-8-16-17(9-13)23-26-22-16/h3-9H,10-11H2,1-2H3. The van der Waals surface area contributed by atoms with Crippen molar-refractivity contribution in [3.8, 4) is 11.5 Å². The normalized spacial score (nSPS) is 11.5. The van der Waals surface area contributed by atoms with Crippen LogP contribution in [-0.2, 0) is 13.1 Å². The number of fused-ring (bicyclic) bond motifs is 1. The number of aromatic nitrogens is 3. The first kappa shape index (κ1) is 17.1. The fourth-order valence-corrected chi connectivity index (χ4v) is 3.61. The van der Waals surface area contributed by atoms with E-state index in [-0.39, 0.29) is 0 Å². The van der Waals surface area contributed by atoms with Crippen LogP contribution in [0.2, 0.25) is 5.02 Å². The van der Waals surface area contributed by atoms with Crippen LogP contribution in [0, 0.1) is 6.92 Å². The molecule has 0 bridgehead atoms. The Hall–Kier alpha value is -2.28. The molecule has 0 unspecified atom stereocenters. The number of oxazole rings is 1. The Morgan fingerprint density at radius 2 is 1.88 bits per heavy atom. The van der Waals surface area contributed by atoms with Crippen molar-refractivity contribution in [1.82, 2.24) is 18.6 Å². The van der Waals surface area contributed by atoms with Crippen molar-refractivity contribution in [2.75, 3.05) is 7.05 Å². The molecule has 2 aromatic heterocycles. The first-order chi connectivity index (χ1) is 12.6. The number of halogens is 1. The molecule has 5 nitrogen and oxygen atoms in total. The van der Waals surface area contributed by atoms with Crippen molar-refractivity contribution in [2.45, 2.75) is 20.0 Å². The molecule has 0 aliphatic heterocycles. The van der Waals surface area contributed by atoms with Gasteiger partial charge in [0.25, 0.3) is 0 Å². The van der Waals surface area contributed by atoms with Crippen molar-refractivity contribution in [3.05, 3.63) is 64.5 Å². The highest BCUT2D eigenvalue weighted by Crippen LogP contribution is 2.28. The summed E-state index contributed by atoms with van der Waals surface area (Å²) in [4.78, 5) is 6.85. The zero-order valence-corrected chi connectivity index (χ0v) is 16.0. The molecule has 0 N–H and O–H groups in total. The summed E-state index contributed by atoms with van der Waals surface area (Å²) < 4.78 is 14.4. The Kier molecular flexibility index (Phi) is 4.72. The maximum absolute atomic E-state index is 6.25. The van der Waals surface area contributed by atoms with Gasteiger partial charge >= 0.3 is 0 Å². The molecule has 0 radical (unpaired) electrons. The molecule has 26 heavy (non-hydrogen) atoms. The summed E-state index contributed by atoms with van der Waals surface area (Å²) in [5.74, 6) is 1.37. The summed E-state index contributed by atoms with van der Waals surface area (Å²) in [5.41, 5.74) is 4.81. The molecule has 4 rings (SSSR count). The summed E-state index contributed by atoms with van der Waals surface area (Å²) in [6, 6.07) is 13.8. The first-order valence-electron chi connectivity index (χ1n) is 8.21. The molecule has 2 aromatic carbocycles. The highest BCUT2D eigenvalue weighted by Gasteiger charge is 2.15. The minimum atomic E-state index is 0.562. The summed E-state index contributed by atoms with van der Waals surface area (Å²) in [7, 11) is 2.06. The molecule has 0 spiro atoms. The fourth-order valence-electron chi connectivity index (χ4n) is 2.87. The first-order valence-corrected chi connectivity index (χ1v) is 9.32. The van der Waals surface area contributed by atoms with Gasteiger partial charge in [-0.1, -0.05) is 29.8 Å². The van der Waals surface area contributed by atoms with Gasteiger partial charge in [-0.2, -0.15) is 8.75 Å². The van der Waals surface area contributed by atoms with E-state index in [1.54, 1.807) is 0 Å². The Morgan fingerprint density at radius 1 is 1.08 bits per heavy atom. The molecule has 0 aliphatic rings. The molecule has 0 saturated carbocycles. The van der Waals surface area contributed by atoms with E-state index >= 15 is 0 Å². The number of hydrogen-bond donors (Lipinski definition) is 0. The van der Waals surface area contributed by atoms with Crippen LogP contribution in [0.25, 0.3) is 22.5 Å². The molecule has 4 aromatic rings. The third-order valence-corrected chi connectivity index (χ3v) is 5.07. The second-order valence-electron chi connectivity index (χ2n) is 6.26. The number of aryl methyl sites for hydroxylation is 1. The minimum absolute atomic E-state index is 0.562. The third-order valence-electron chi connectivity index (χ3n) is 4.19. The molecular weight excluding hydrogens is 368 g/mol. The Labute approximate surface area is 160 Å². The van der Waals surface area contributed by atoms with E-state index in [0.29, 0.717) is 17.5 Å². The van der Waals surface area contributed by atoms with E-state index in [4.69, 9.17) is 16.0 Å². The van der Waals surface area contributed by atoms with E-state index in [9.17, 15) is 0 Å². The van der Waals surface area contributed by atoms with Crippen LogP contribution in [0.3, 0.4) is 0 Å². The molecule has 0 fully saturated rings. The number of benzene rings is 2. The maximum Gasteiger partial charge on any atom is 0.228 e. The number of nitrogens with zero attached hydrogens (tertiary/aromatic N) is 4. The zero-order valence-electron chi connectivity index (χ0n) is 14.4. The van der Waals surface area contributed by atoms with Crippen molar-refractivity contribution >= 4 is 34.4 Å². The Morgan fingerprint density at radius 3 is 2.73 bits per heavy atom. The van der Waals surface area contributed by atoms with Crippen molar-refractivity contribution in [1.29, 1.82) is 0 Å². The predicted octanol–water partition coefficient (Wildman–Crippen LogP) is 4.94. The average Bonchev–Trinajstić information content (AvgIpc) is 3.22. The fraction of sp³-hybridized carbons (Fsp3) is 0.211. The predicted molar refractivity (Wildman–Crippen MR) is 104 cm³/mol. The molecule has 7 heteroatoms. The molecule has 0 atom stereocenters. The van der Waals surface area contributed by atoms with Crippen molar-refractivity contribution in [2.24, 2.45) is 0 Å². The van der Waals surface area contributed by atoms with Gasteiger partial charge in [-0.15, -0.1) is 0 Å². The largest absolute Gasteiger partial charge is 0.441 e. The van der Waals surface area contributed by atoms with Crippen LogP contribution in [0.5, 0.6) is 0 Å². The van der Waals surface area contributed by atoms with Crippen LogP contribution in [0.1, 0.15) is 17.0 Å². The van der Waals surface area contributed by atoms with E-state index < -0.39 is 0 Å². The molecule has 2 heterocycles. The van der Waals surface area contributed by atoms with Gasteiger partial charge in [0.15, 0.2) is 0 Å². The van der Waals surface area contributed by atoms with Crippen LogP contribution in [0.4, 0.5) is 0 Å². The summed E-state index contributed by atoms with van der Waals surface area (Å²) in [6.07, 6.45) is 0. The minimum Gasteiger partial charge on any atom is -0.441 e. The van der Waals surface area contributed by atoms with Gasteiger partial charge in [0, 0.05) is 13.1 Å². The Balaban J connectivity index is 1.50. The monoisotopic (exact) mass is 384 g/mol. The summed E-state index contributed by atoms with van der Waals surface area (Å²) >= 11 is 7.49. The molecule has 132 valence electrons. The molecular formula is C19H17ClN4OS. The van der Waals surface area contributed by atoms with E-state index in [1.165, 1.54) is 17.3 Å². The van der Waals surface area contributed by atoms with Crippen LogP contribution in [0.15, 0.2) is 46.9 Å². The topological polar surface area (TPSA) is 55.1 Å². The van der Waals surface area contributed by atoms with Crippen molar-refractivity contribution < 1.29 is 4.42 Å². The van der Waals surface area contributed by atoms with Gasteiger partial charge in [-0.25, -0.2) is 4.98 Å². The second kappa shape index (κ2) is 7.15. The summed E-state index contributed by atoms with van der Waals surface area (Å²) in [6.45, 7) is 3.41. The van der Waals surface area contributed by atoms with Gasteiger partial charge in [-0.3, -0.25) is 4.90 Å². The summed E-state index contributed by atoms with van der Waals surface area (Å²) in [5, 5.41) is 0.638. The lowest BCUT2D eigenvalue weighted by molar-refractivity contribution is 0.313. The van der Waals surface area contributed by atoms with Gasteiger partial charge in [-0.05, 0) is 43.8 Å². The van der Waals surface area contributed by atoms with E-state index in [2.05, 4.69) is 37.8 Å². The van der Waals surface area contributed by atoms with Crippen LogP contribution in [-0.4, -0.2) is 25.7 Å².